The molecule has 1 rings (SSSR count). The van der Waals surface area contributed by atoms with Crippen LogP contribution < -0.4 is 11.1 Å². The summed E-state index contributed by atoms with van der Waals surface area (Å²) < 4.78 is 22.8. The van der Waals surface area contributed by atoms with E-state index < -0.39 is 45.3 Å². The highest BCUT2D eigenvalue weighted by atomic mass is 32.2. The number of nitrogens with zero attached hydrogens (tertiary/aromatic N) is 1. The van der Waals surface area contributed by atoms with E-state index in [4.69, 9.17) is 10.5 Å². The van der Waals surface area contributed by atoms with E-state index in [0.29, 0.717) is 12.8 Å². The van der Waals surface area contributed by atoms with Gasteiger partial charge in [-0.15, -0.1) is 0 Å². The zero-order valence-corrected chi connectivity index (χ0v) is 20.1. The van der Waals surface area contributed by atoms with E-state index in [1.165, 1.54) is 6.08 Å². The minimum absolute atomic E-state index is 0.0136. The third-order valence-corrected chi connectivity index (χ3v) is 7.48. The minimum atomic E-state index is -3.46. The van der Waals surface area contributed by atoms with Gasteiger partial charge in [0, 0.05) is 4.90 Å². The van der Waals surface area contributed by atoms with Crippen LogP contribution in [-0.4, -0.2) is 46.4 Å². The summed E-state index contributed by atoms with van der Waals surface area (Å²) in [6.07, 6.45) is 2.69. The molecule has 0 radical (unpaired) electrons. The van der Waals surface area contributed by atoms with E-state index in [1.54, 1.807) is 44.2 Å². The summed E-state index contributed by atoms with van der Waals surface area (Å²) in [5.41, 5.74) is 5.97. The number of hydrogen-bond acceptors (Lipinski definition) is 6. The second-order valence-corrected chi connectivity index (χ2v) is 10.0. The Morgan fingerprint density at radius 3 is 2.28 bits per heavy atom. The number of amides is 2. The zero-order chi connectivity index (χ0) is 24.3. The molecule has 178 valence electrons. The van der Waals surface area contributed by atoms with Crippen LogP contribution in [0.25, 0.3) is 0 Å². The molecule has 0 aliphatic carbocycles. The Balaban J connectivity index is 3.24. The number of nitrogens with two attached hydrogens (primary N) is 1. The fourth-order valence-corrected chi connectivity index (χ4v) is 4.57. The van der Waals surface area contributed by atoms with Crippen LogP contribution in [0, 0.1) is 11.8 Å². The molecule has 0 fully saturated rings. The van der Waals surface area contributed by atoms with Crippen LogP contribution in [0.2, 0.25) is 0 Å². The lowest BCUT2D eigenvalue weighted by molar-refractivity contribution is -0.148. The average Bonchev–Trinajstić information content (AvgIpc) is 2.79. The first kappa shape index (κ1) is 27.5. The van der Waals surface area contributed by atoms with Crippen molar-refractivity contribution < 1.29 is 23.3 Å². The second-order valence-electron chi connectivity index (χ2n) is 7.79. The Kier molecular flexibility index (Phi) is 11.3. The summed E-state index contributed by atoms with van der Waals surface area (Å²) in [4.78, 5) is 38.1. The molecule has 0 aliphatic heterocycles. The van der Waals surface area contributed by atoms with Crippen LogP contribution in [0.5, 0.6) is 0 Å². The summed E-state index contributed by atoms with van der Waals surface area (Å²) in [5.74, 6) is -2.96. The van der Waals surface area contributed by atoms with Gasteiger partial charge >= 0.3 is 5.97 Å². The fraction of sp³-hybridized carbons (Fsp3) is 0.522. The number of rotatable bonds is 12. The van der Waals surface area contributed by atoms with E-state index in [1.807, 2.05) is 13.8 Å². The van der Waals surface area contributed by atoms with Crippen molar-refractivity contribution in [1.29, 1.82) is 0 Å². The third-order valence-electron chi connectivity index (χ3n) is 5.34. The molecule has 0 aliphatic rings. The zero-order valence-electron chi connectivity index (χ0n) is 19.3. The molecule has 9 heteroatoms. The van der Waals surface area contributed by atoms with Crippen LogP contribution >= 0.6 is 0 Å². The van der Waals surface area contributed by atoms with Crippen LogP contribution in [0.15, 0.2) is 52.2 Å². The van der Waals surface area contributed by atoms with Crippen molar-refractivity contribution >= 4 is 27.5 Å². The summed E-state index contributed by atoms with van der Waals surface area (Å²) >= 11 is 0. The van der Waals surface area contributed by atoms with E-state index >= 15 is 0 Å². The highest BCUT2D eigenvalue weighted by Gasteiger charge is 2.30. The van der Waals surface area contributed by atoms with Gasteiger partial charge in [0.05, 0.1) is 15.8 Å². The Bertz CT molecular complexity index is 909. The van der Waals surface area contributed by atoms with Crippen molar-refractivity contribution in [3.63, 3.8) is 0 Å². The van der Waals surface area contributed by atoms with Gasteiger partial charge < -0.3 is 15.8 Å². The lowest BCUT2D eigenvalue weighted by atomic mass is 9.99. The van der Waals surface area contributed by atoms with Crippen LogP contribution in [0.4, 0.5) is 0 Å². The quantitative estimate of drug-likeness (QED) is 0.361. The summed E-state index contributed by atoms with van der Waals surface area (Å²) in [7, 11) is -3.46. The lowest BCUT2D eigenvalue weighted by Gasteiger charge is -2.23. The van der Waals surface area contributed by atoms with Crippen LogP contribution in [0.1, 0.15) is 40.5 Å². The highest BCUT2D eigenvalue weighted by Crippen LogP contribution is 2.17. The number of hydrogen-bond donors (Lipinski definition) is 2. The molecule has 3 N–H and O–H groups in total. The third kappa shape index (κ3) is 7.87. The Labute approximate surface area is 191 Å². The molecule has 0 saturated heterocycles. The number of nitrogens with one attached hydrogen (secondary N) is 1. The molecule has 0 heterocycles. The maximum Gasteiger partial charge on any atom is 0.329 e. The van der Waals surface area contributed by atoms with Gasteiger partial charge in [-0.1, -0.05) is 71.4 Å². The topological polar surface area (TPSA) is 128 Å². The average molecular weight is 466 g/mol. The molecule has 5 atom stereocenters. The molecule has 0 bridgehead atoms. The predicted molar refractivity (Wildman–Crippen MR) is 125 cm³/mol. The molecule has 32 heavy (non-hydrogen) atoms. The first-order valence-electron chi connectivity index (χ1n) is 10.8. The molecule has 0 saturated carbocycles. The van der Waals surface area contributed by atoms with Gasteiger partial charge in [0.15, 0.2) is 0 Å². The SMILES string of the molecule is C=CCOC(=O)[C@@H](NC(=O)CS(=O)(=NC(=O)[C@@H](N)[C@@H](C)CC)c1ccccc1)[C@@H](C)CC. The van der Waals surface area contributed by atoms with Crippen molar-refractivity contribution in [2.45, 2.75) is 57.5 Å². The molecule has 1 aromatic rings. The molecule has 0 spiro atoms. The van der Waals surface area contributed by atoms with E-state index in [9.17, 15) is 18.6 Å². The lowest BCUT2D eigenvalue weighted by Crippen LogP contribution is -2.47. The monoisotopic (exact) mass is 465 g/mol. The van der Waals surface area contributed by atoms with Crippen LogP contribution in [0.3, 0.4) is 0 Å². The summed E-state index contributed by atoms with van der Waals surface area (Å²) in [6, 6.07) is 6.27. The molecule has 1 unspecified atom stereocenters. The Morgan fingerprint density at radius 2 is 1.75 bits per heavy atom. The van der Waals surface area contributed by atoms with Gasteiger partial charge in [-0.3, -0.25) is 9.59 Å². The molecular weight excluding hydrogens is 430 g/mol. The van der Waals surface area contributed by atoms with Crippen molar-refractivity contribution in [3.05, 3.63) is 43.0 Å². The maximum absolute atomic E-state index is 13.8. The van der Waals surface area contributed by atoms with Crippen molar-refractivity contribution in [1.82, 2.24) is 5.32 Å². The first-order chi connectivity index (χ1) is 15.1. The maximum atomic E-state index is 13.8. The van der Waals surface area contributed by atoms with Crippen LogP contribution in [-0.2, 0) is 28.8 Å². The second kappa shape index (κ2) is 13.1. The number of ether oxygens (including phenoxy) is 1. The van der Waals surface area contributed by atoms with Crippen molar-refractivity contribution in [2.24, 2.45) is 21.9 Å². The van der Waals surface area contributed by atoms with Gasteiger partial charge in [-0.2, -0.15) is 4.36 Å². The fourth-order valence-electron chi connectivity index (χ4n) is 2.80. The van der Waals surface area contributed by atoms with Crippen molar-refractivity contribution in [2.75, 3.05) is 12.4 Å². The normalized spacial score (nSPS) is 16.5. The minimum Gasteiger partial charge on any atom is -0.460 e. The van der Waals surface area contributed by atoms with E-state index in [-0.39, 0.29) is 23.3 Å². The Morgan fingerprint density at radius 1 is 1.16 bits per heavy atom. The molecule has 0 aromatic heterocycles. The standard InChI is InChI=1S/C23H35N3O5S/c1-6-14-31-23(29)21(17(5)8-3)25-19(27)15-32(30,18-12-10-9-11-13-18)26-22(28)20(24)16(4)7-2/h6,9-13,16-17,20-21H,1,7-8,14-15,24H2,2-5H3,(H,25,27)/t16-,17-,20-,21-,32?/m0/s1. The number of esters is 1. The molecule has 2 amide bonds. The van der Waals surface area contributed by atoms with E-state index in [0.717, 1.165) is 0 Å². The highest BCUT2D eigenvalue weighted by molar-refractivity contribution is 7.94. The number of benzene rings is 1. The van der Waals surface area contributed by atoms with Gasteiger partial charge in [-0.05, 0) is 24.0 Å². The smallest absolute Gasteiger partial charge is 0.329 e. The molecule has 1 aromatic carbocycles. The van der Waals surface area contributed by atoms with Crippen molar-refractivity contribution in [3.8, 4) is 0 Å². The number of carbonyl (C=O) groups is 3. The molecule has 8 nitrogen and oxygen atoms in total. The van der Waals surface area contributed by atoms with E-state index in [2.05, 4.69) is 16.3 Å². The largest absolute Gasteiger partial charge is 0.460 e. The molecular formula is C23H35N3O5S. The van der Waals surface area contributed by atoms with Gasteiger partial charge in [0.1, 0.15) is 18.4 Å². The van der Waals surface area contributed by atoms with Gasteiger partial charge in [0.25, 0.3) is 5.91 Å². The summed E-state index contributed by atoms with van der Waals surface area (Å²) in [5, 5.41) is 2.61. The van der Waals surface area contributed by atoms with Gasteiger partial charge in [0.2, 0.25) is 5.91 Å². The Hall–Kier alpha value is -2.52. The number of carbonyl (C=O) groups excluding carboxylic acids is 3. The first-order valence-corrected chi connectivity index (χ1v) is 12.4. The summed E-state index contributed by atoms with van der Waals surface area (Å²) in [6.45, 7) is 10.9. The van der Waals surface area contributed by atoms with Gasteiger partial charge in [-0.25, -0.2) is 9.00 Å². The predicted octanol–water partition coefficient (Wildman–Crippen LogP) is 2.67.